The summed E-state index contributed by atoms with van der Waals surface area (Å²) in [6.07, 6.45) is 7.20. The van der Waals surface area contributed by atoms with Crippen molar-refractivity contribution < 1.29 is 4.74 Å². The van der Waals surface area contributed by atoms with E-state index in [0.29, 0.717) is 0 Å². The Hall–Kier alpha value is -0.630. The van der Waals surface area contributed by atoms with Crippen LogP contribution in [0.4, 0.5) is 0 Å². The molecule has 0 aromatic carbocycles. The molecule has 2 aliphatic heterocycles. The molecule has 11 heavy (non-hydrogen) atoms. The Morgan fingerprint density at radius 2 is 2.55 bits per heavy atom. The molecular formula is C9H13NO. The summed E-state index contributed by atoms with van der Waals surface area (Å²) in [6.45, 7) is 3.03. The highest BCUT2D eigenvalue weighted by molar-refractivity contribution is 5.94. The average molecular weight is 151 g/mol. The van der Waals surface area contributed by atoms with Crippen molar-refractivity contribution in [2.75, 3.05) is 6.61 Å². The van der Waals surface area contributed by atoms with Gasteiger partial charge >= 0.3 is 0 Å². The van der Waals surface area contributed by atoms with Gasteiger partial charge in [0, 0.05) is 24.9 Å². The number of hydrogen-bond acceptors (Lipinski definition) is 2. The molecule has 2 heteroatoms. The minimum atomic E-state index is -0.0625. The molecule has 2 rings (SSSR count). The summed E-state index contributed by atoms with van der Waals surface area (Å²) < 4.78 is 5.69. The van der Waals surface area contributed by atoms with Crippen LogP contribution in [0.1, 0.15) is 26.2 Å². The highest BCUT2D eigenvalue weighted by Gasteiger charge is 2.34. The lowest BCUT2D eigenvalue weighted by Gasteiger charge is -2.35. The largest absolute Gasteiger partial charge is 0.369 e. The zero-order chi connectivity index (χ0) is 7.73. The van der Waals surface area contributed by atoms with E-state index in [-0.39, 0.29) is 5.60 Å². The molecule has 0 saturated carbocycles. The average Bonchev–Trinajstić information content (AvgIpc) is 2.03. The predicted molar refractivity (Wildman–Crippen MR) is 44.8 cm³/mol. The third-order valence-electron chi connectivity index (χ3n) is 2.43. The van der Waals surface area contributed by atoms with Gasteiger partial charge in [-0.15, -0.1) is 0 Å². The first-order valence-electron chi connectivity index (χ1n) is 4.17. The van der Waals surface area contributed by atoms with Gasteiger partial charge in [-0.05, 0) is 19.8 Å². The zero-order valence-electron chi connectivity index (χ0n) is 6.84. The fraction of sp³-hybridized carbons (Fsp3) is 0.667. The second kappa shape index (κ2) is 2.45. The van der Waals surface area contributed by atoms with Crippen molar-refractivity contribution in [2.45, 2.75) is 31.8 Å². The molecule has 0 aromatic heterocycles. The molecule has 0 radical (unpaired) electrons. The Bertz CT molecular complexity index is 220. The molecule has 0 spiro atoms. The molecule has 2 aliphatic rings. The minimum Gasteiger partial charge on any atom is -0.369 e. The topological polar surface area (TPSA) is 21.6 Å². The molecular weight excluding hydrogens is 138 g/mol. The van der Waals surface area contributed by atoms with Crippen molar-refractivity contribution in [3.05, 3.63) is 12.3 Å². The Labute approximate surface area is 67.0 Å². The minimum absolute atomic E-state index is 0.0625. The maximum Gasteiger partial charge on any atom is 0.107 e. The number of ether oxygens (including phenoxy) is 1. The van der Waals surface area contributed by atoms with Crippen molar-refractivity contribution in [3.63, 3.8) is 0 Å². The first-order valence-corrected chi connectivity index (χ1v) is 4.17. The molecule has 1 unspecified atom stereocenters. The number of aliphatic imine (C=N–C) groups is 1. The van der Waals surface area contributed by atoms with E-state index in [9.17, 15) is 0 Å². The molecule has 0 bridgehead atoms. The molecule has 60 valence electrons. The normalized spacial score (nSPS) is 36.3. The Morgan fingerprint density at radius 1 is 1.64 bits per heavy atom. The first kappa shape index (κ1) is 7.04. The van der Waals surface area contributed by atoms with E-state index in [1.165, 1.54) is 5.71 Å². The van der Waals surface area contributed by atoms with Crippen LogP contribution in [-0.4, -0.2) is 17.9 Å². The maximum atomic E-state index is 5.69. The standard InChI is InChI=1S/C9H13NO/c1-9-5-3-6-10-8(9)4-2-7-11-9/h3,6H,2,4-5,7H2,1H3. The van der Waals surface area contributed by atoms with Crippen LogP contribution >= 0.6 is 0 Å². The highest BCUT2D eigenvalue weighted by Crippen LogP contribution is 2.28. The van der Waals surface area contributed by atoms with Crippen LogP contribution in [0.2, 0.25) is 0 Å². The van der Waals surface area contributed by atoms with Gasteiger partial charge in [0.05, 0.1) is 0 Å². The number of hydrogen-bond donors (Lipinski definition) is 0. The van der Waals surface area contributed by atoms with Gasteiger partial charge < -0.3 is 4.74 Å². The van der Waals surface area contributed by atoms with Gasteiger partial charge in [0.1, 0.15) is 5.60 Å². The maximum absolute atomic E-state index is 5.69. The molecule has 1 atom stereocenters. The lowest BCUT2D eigenvalue weighted by molar-refractivity contribution is 0.00661. The molecule has 2 heterocycles. The molecule has 1 fully saturated rings. The van der Waals surface area contributed by atoms with Crippen molar-refractivity contribution in [2.24, 2.45) is 4.99 Å². The lowest BCUT2D eigenvalue weighted by Crippen LogP contribution is -2.42. The molecule has 0 aromatic rings. The summed E-state index contributed by atoms with van der Waals surface area (Å²) in [6, 6.07) is 0. The van der Waals surface area contributed by atoms with Crippen LogP contribution in [0.5, 0.6) is 0 Å². The van der Waals surface area contributed by atoms with Gasteiger partial charge in [-0.1, -0.05) is 6.08 Å². The van der Waals surface area contributed by atoms with E-state index in [4.69, 9.17) is 4.74 Å². The van der Waals surface area contributed by atoms with Crippen LogP contribution < -0.4 is 0 Å². The summed E-state index contributed by atoms with van der Waals surface area (Å²) in [5.41, 5.74) is 1.17. The highest BCUT2D eigenvalue weighted by atomic mass is 16.5. The third-order valence-corrected chi connectivity index (χ3v) is 2.43. The van der Waals surface area contributed by atoms with Crippen LogP contribution in [0.25, 0.3) is 0 Å². The van der Waals surface area contributed by atoms with E-state index in [1.807, 2.05) is 6.20 Å². The van der Waals surface area contributed by atoms with E-state index >= 15 is 0 Å². The van der Waals surface area contributed by atoms with Crippen molar-refractivity contribution in [1.29, 1.82) is 0 Å². The van der Waals surface area contributed by atoms with Gasteiger partial charge in [-0.25, -0.2) is 0 Å². The Kier molecular flexibility index (Phi) is 1.57. The third kappa shape index (κ3) is 1.11. The van der Waals surface area contributed by atoms with Crippen LogP contribution in [0.3, 0.4) is 0 Å². The van der Waals surface area contributed by atoms with Gasteiger partial charge in [-0.2, -0.15) is 0 Å². The van der Waals surface area contributed by atoms with E-state index in [0.717, 1.165) is 25.9 Å². The number of nitrogens with zero attached hydrogens (tertiary/aromatic N) is 1. The van der Waals surface area contributed by atoms with E-state index in [2.05, 4.69) is 18.0 Å². The lowest BCUT2D eigenvalue weighted by atomic mass is 9.89. The van der Waals surface area contributed by atoms with Crippen LogP contribution in [-0.2, 0) is 4.74 Å². The monoisotopic (exact) mass is 151 g/mol. The van der Waals surface area contributed by atoms with E-state index < -0.39 is 0 Å². The first-order chi connectivity index (χ1) is 5.31. The zero-order valence-corrected chi connectivity index (χ0v) is 6.84. The molecule has 0 aliphatic carbocycles. The van der Waals surface area contributed by atoms with Gasteiger partial charge in [0.2, 0.25) is 0 Å². The smallest absolute Gasteiger partial charge is 0.107 e. The van der Waals surface area contributed by atoms with Gasteiger partial charge in [0.25, 0.3) is 0 Å². The van der Waals surface area contributed by atoms with Crippen molar-refractivity contribution >= 4 is 5.71 Å². The molecule has 0 amide bonds. The summed E-state index contributed by atoms with van der Waals surface area (Å²) >= 11 is 0. The molecule has 0 N–H and O–H groups in total. The fourth-order valence-electron chi connectivity index (χ4n) is 1.68. The van der Waals surface area contributed by atoms with Crippen molar-refractivity contribution in [3.8, 4) is 0 Å². The van der Waals surface area contributed by atoms with Crippen molar-refractivity contribution in [1.82, 2.24) is 0 Å². The quantitative estimate of drug-likeness (QED) is 0.518. The number of fused-ring (bicyclic) bond motifs is 1. The van der Waals surface area contributed by atoms with Crippen LogP contribution in [0.15, 0.2) is 17.3 Å². The summed E-state index contributed by atoms with van der Waals surface area (Å²) in [5.74, 6) is 0. The summed E-state index contributed by atoms with van der Waals surface area (Å²) in [4.78, 5) is 4.33. The van der Waals surface area contributed by atoms with Gasteiger partial charge in [0.15, 0.2) is 0 Å². The predicted octanol–water partition coefficient (Wildman–Crippen LogP) is 1.91. The second-order valence-corrected chi connectivity index (χ2v) is 3.35. The Morgan fingerprint density at radius 3 is 3.36 bits per heavy atom. The summed E-state index contributed by atoms with van der Waals surface area (Å²) in [5, 5.41) is 0. The van der Waals surface area contributed by atoms with E-state index in [1.54, 1.807) is 0 Å². The van der Waals surface area contributed by atoms with Crippen LogP contribution in [0, 0.1) is 0 Å². The summed E-state index contributed by atoms with van der Waals surface area (Å²) in [7, 11) is 0. The number of rotatable bonds is 0. The Balaban J connectivity index is 2.26. The fourth-order valence-corrected chi connectivity index (χ4v) is 1.68. The SMILES string of the molecule is CC12CC=CN=C1CCCO2. The molecule has 2 nitrogen and oxygen atoms in total. The second-order valence-electron chi connectivity index (χ2n) is 3.35. The van der Waals surface area contributed by atoms with Gasteiger partial charge in [-0.3, -0.25) is 4.99 Å². The molecule has 1 saturated heterocycles.